The highest BCUT2D eigenvalue weighted by molar-refractivity contribution is 7.13. The Kier molecular flexibility index (Phi) is 5.30. The number of carbonyl (C=O) groups excluding carboxylic acids is 1. The molecule has 0 unspecified atom stereocenters. The molecule has 5 nitrogen and oxygen atoms in total. The molecule has 0 bridgehead atoms. The highest BCUT2D eigenvalue weighted by atomic mass is 32.1. The first-order valence-electron chi connectivity index (χ1n) is 7.85. The fourth-order valence-corrected chi connectivity index (χ4v) is 3.19. The molecule has 128 valence electrons. The van der Waals surface area contributed by atoms with Gasteiger partial charge in [0.25, 0.3) is 0 Å². The van der Waals surface area contributed by atoms with Gasteiger partial charge in [-0.2, -0.15) is 0 Å². The first-order chi connectivity index (χ1) is 12.2. The van der Waals surface area contributed by atoms with Gasteiger partial charge in [0.2, 0.25) is 0 Å². The molecule has 0 spiro atoms. The molecule has 0 saturated heterocycles. The number of nitrogens with zero attached hydrogens (tertiary/aromatic N) is 1. The summed E-state index contributed by atoms with van der Waals surface area (Å²) >= 11 is 1.61. The smallest absolute Gasteiger partial charge is 0.319 e. The van der Waals surface area contributed by atoms with Crippen LogP contribution in [0.1, 0.15) is 11.3 Å². The molecule has 2 aromatic carbocycles. The molecule has 2 amide bonds. The van der Waals surface area contributed by atoms with Crippen LogP contribution in [0.3, 0.4) is 0 Å². The Bertz CT molecular complexity index is 859. The van der Waals surface area contributed by atoms with E-state index in [-0.39, 0.29) is 6.03 Å². The molecule has 0 fully saturated rings. The molecule has 0 aliphatic carbocycles. The largest absolute Gasteiger partial charge is 0.496 e. The van der Waals surface area contributed by atoms with Crippen molar-refractivity contribution in [3.8, 4) is 16.3 Å². The summed E-state index contributed by atoms with van der Waals surface area (Å²) in [4.78, 5) is 16.5. The van der Waals surface area contributed by atoms with E-state index in [1.54, 1.807) is 18.4 Å². The number of methoxy groups -OCH3 is 1. The number of urea groups is 1. The number of hydrogen-bond acceptors (Lipinski definition) is 4. The van der Waals surface area contributed by atoms with Gasteiger partial charge < -0.3 is 15.4 Å². The van der Waals surface area contributed by atoms with Gasteiger partial charge in [0.15, 0.2) is 0 Å². The van der Waals surface area contributed by atoms with E-state index in [4.69, 9.17) is 4.74 Å². The van der Waals surface area contributed by atoms with Gasteiger partial charge in [-0.15, -0.1) is 11.3 Å². The van der Waals surface area contributed by atoms with Crippen LogP contribution in [0.15, 0.2) is 53.9 Å². The molecular weight excluding hydrogens is 334 g/mol. The van der Waals surface area contributed by atoms with E-state index >= 15 is 0 Å². The third kappa shape index (κ3) is 4.36. The zero-order valence-electron chi connectivity index (χ0n) is 14.1. The zero-order chi connectivity index (χ0) is 17.6. The minimum absolute atomic E-state index is 0.260. The molecule has 0 saturated carbocycles. The van der Waals surface area contributed by atoms with Crippen LogP contribution in [-0.4, -0.2) is 18.1 Å². The minimum Gasteiger partial charge on any atom is -0.496 e. The first-order valence-corrected chi connectivity index (χ1v) is 8.73. The number of aromatic nitrogens is 1. The van der Waals surface area contributed by atoms with Gasteiger partial charge in [-0.05, 0) is 37.3 Å². The molecule has 3 aromatic rings. The quantitative estimate of drug-likeness (QED) is 0.712. The fourth-order valence-electron chi connectivity index (χ4n) is 2.38. The second-order valence-corrected chi connectivity index (χ2v) is 6.35. The van der Waals surface area contributed by atoms with Gasteiger partial charge in [0, 0.05) is 34.4 Å². The third-order valence-corrected chi connectivity index (χ3v) is 4.65. The normalized spacial score (nSPS) is 10.3. The molecule has 1 aromatic heterocycles. The van der Waals surface area contributed by atoms with E-state index in [0.29, 0.717) is 6.54 Å². The van der Waals surface area contributed by atoms with E-state index in [9.17, 15) is 4.79 Å². The topological polar surface area (TPSA) is 63.2 Å². The Morgan fingerprint density at radius 2 is 1.92 bits per heavy atom. The first kappa shape index (κ1) is 17.0. The number of ether oxygens (including phenoxy) is 1. The highest BCUT2D eigenvalue weighted by Crippen LogP contribution is 2.24. The summed E-state index contributed by atoms with van der Waals surface area (Å²) < 4.78 is 5.28. The van der Waals surface area contributed by atoms with Gasteiger partial charge in [-0.25, -0.2) is 9.78 Å². The molecule has 1 heterocycles. The van der Waals surface area contributed by atoms with Gasteiger partial charge in [0.1, 0.15) is 10.8 Å². The number of anilines is 1. The second kappa shape index (κ2) is 7.81. The van der Waals surface area contributed by atoms with Crippen LogP contribution in [0.25, 0.3) is 10.6 Å². The Morgan fingerprint density at radius 3 is 2.60 bits per heavy atom. The summed E-state index contributed by atoms with van der Waals surface area (Å²) in [5, 5.41) is 8.65. The maximum atomic E-state index is 12.1. The Morgan fingerprint density at radius 1 is 1.16 bits per heavy atom. The Balaban J connectivity index is 1.57. The summed E-state index contributed by atoms with van der Waals surface area (Å²) in [5.41, 5.74) is 3.71. The number of amides is 2. The molecular formula is C19H19N3O2S. The lowest BCUT2D eigenvalue weighted by molar-refractivity contribution is 0.251. The van der Waals surface area contributed by atoms with Crippen molar-refractivity contribution in [2.75, 3.05) is 12.4 Å². The van der Waals surface area contributed by atoms with Crippen molar-refractivity contribution in [3.63, 3.8) is 0 Å². The number of carbonyl (C=O) groups is 1. The van der Waals surface area contributed by atoms with Crippen molar-refractivity contribution in [1.82, 2.24) is 10.3 Å². The number of rotatable bonds is 5. The van der Waals surface area contributed by atoms with Crippen LogP contribution >= 0.6 is 11.3 Å². The SMILES string of the molecule is COc1ccccc1CNC(=O)Nc1ccc(-c2nc(C)cs2)cc1. The molecule has 3 rings (SSSR count). The number of para-hydroxylation sites is 1. The summed E-state index contributed by atoms with van der Waals surface area (Å²) in [6, 6.07) is 15.0. The molecule has 6 heteroatoms. The van der Waals surface area contributed by atoms with Crippen LogP contribution in [0, 0.1) is 6.92 Å². The second-order valence-electron chi connectivity index (χ2n) is 5.49. The van der Waals surface area contributed by atoms with Crippen molar-refractivity contribution < 1.29 is 9.53 Å². The number of aryl methyl sites for hydroxylation is 1. The maximum absolute atomic E-state index is 12.1. The molecule has 0 atom stereocenters. The molecule has 0 aliphatic rings. The monoisotopic (exact) mass is 353 g/mol. The van der Waals surface area contributed by atoms with Crippen LogP contribution in [0.2, 0.25) is 0 Å². The van der Waals surface area contributed by atoms with E-state index < -0.39 is 0 Å². The Hall–Kier alpha value is -2.86. The summed E-state index contributed by atoms with van der Waals surface area (Å²) in [6.07, 6.45) is 0. The number of hydrogen-bond donors (Lipinski definition) is 2. The molecule has 0 radical (unpaired) electrons. The number of thiazole rings is 1. The van der Waals surface area contributed by atoms with E-state index in [2.05, 4.69) is 15.6 Å². The van der Waals surface area contributed by atoms with Crippen molar-refractivity contribution in [2.45, 2.75) is 13.5 Å². The highest BCUT2D eigenvalue weighted by Gasteiger charge is 2.06. The standard InChI is InChI=1S/C19H19N3O2S/c1-13-12-25-18(21-13)14-7-9-16(10-8-14)22-19(23)20-11-15-5-3-4-6-17(15)24-2/h3-10,12H,11H2,1-2H3,(H2,20,22,23). The van der Waals surface area contributed by atoms with Crippen LogP contribution in [0.5, 0.6) is 5.75 Å². The van der Waals surface area contributed by atoms with Gasteiger partial charge in [-0.3, -0.25) is 0 Å². The van der Waals surface area contributed by atoms with Crippen molar-refractivity contribution >= 4 is 23.1 Å². The lowest BCUT2D eigenvalue weighted by Crippen LogP contribution is -2.28. The number of nitrogens with one attached hydrogen (secondary N) is 2. The van der Waals surface area contributed by atoms with Crippen molar-refractivity contribution in [2.24, 2.45) is 0 Å². The van der Waals surface area contributed by atoms with Gasteiger partial charge in [0.05, 0.1) is 7.11 Å². The molecule has 2 N–H and O–H groups in total. The maximum Gasteiger partial charge on any atom is 0.319 e. The summed E-state index contributed by atoms with van der Waals surface area (Å²) in [6.45, 7) is 2.37. The predicted molar refractivity (Wildman–Crippen MR) is 101 cm³/mol. The third-order valence-electron chi connectivity index (χ3n) is 3.64. The number of benzene rings is 2. The van der Waals surface area contributed by atoms with E-state index in [1.807, 2.05) is 60.8 Å². The zero-order valence-corrected chi connectivity index (χ0v) is 14.9. The summed E-state index contributed by atoms with van der Waals surface area (Å²) in [5.74, 6) is 0.755. The van der Waals surface area contributed by atoms with Gasteiger partial charge >= 0.3 is 6.03 Å². The van der Waals surface area contributed by atoms with E-state index in [1.165, 1.54) is 0 Å². The average molecular weight is 353 g/mol. The lowest BCUT2D eigenvalue weighted by atomic mass is 10.2. The molecule has 0 aliphatic heterocycles. The molecule has 25 heavy (non-hydrogen) atoms. The average Bonchev–Trinajstić information content (AvgIpc) is 3.07. The fraction of sp³-hybridized carbons (Fsp3) is 0.158. The van der Waals surface area contributed by atoms with Gasteiger partial charge in [-0.1, -0.05) is 18.2 Å². The predicted octanol–water partition coefficient (Wildman–Crippen LogP) is 4.45. The Labute approximate surface area is 150 Å². The van der Waals surface area contributed by atoms with E-state index in [0.717, 1.165) is 33.3 Å². The van der Waals surface area contributed by atoms with Crippen LogP contribution in [-0.2, 0) is 6.54 Å². The van der Waals surface area contributed by atoms with Crippen molar-refractivity contribution in [1.29, 1.82) is 0 Å². The van der Waals surface area contributed by atoms with Crippen LogP contribution in [0.4, 0.5) is 10.5 Å². The lowest BCUT2D eigenvalue weighted by Gasteiger charge is -2.10. The minimum atomic E-state index is -0.260. The van der Waals surface area contributed by atoms with Crippen LogP contribution < -0.4 is 15.4 Å². The summed E-state index contributed by atoms with van der Waals surface area (Å²) in [7, 11) is 1.62. The van der Waals surface area contributed by atoms with Crippen molar-refractivity contribution in [3.05, 3.63) is 65.2 Å².